The molecule has 0 saturated heterocycles. The number of aromatic nitrogens is 4. The van der Waals surface area contributed by atoms with Crippen molar-refractivity contribution in [3.05, 3.63) is 90.0 Å². The van der Waals surface area contributed by atoms with E-state index in [0.29, 0.717) is 23.6 Å². The van der Waals surface area contributed by atoms with E-state index < -0.39 is 16.5 Å². The second-order valence-electron chi connectivity index (χ2n) is 7.23. The molecule has 5 rings (SSSR count). The lowest BCUT2D eigenvalue weighted by molar-refractivity contribution is 0.182. The highest BCUT2D eigenvalue weighted by atomic mass is 19.1. The zero-order valence-electron chi connectivity index (χ0n) is 17.3. The molecule has 0 aromatic carbocycles. The van der Waals surface area contributed by atoms with E-state index in [1.54, 1.807) is 26.2 Å². The average molecular weight is 434 g/mol. The Hall–Kier alpha value is -3.89. The van der Waals surface area contributed by atoms with Crippen molar-refractivity contribution in [3.8, 4) is 0 Å². The normalized spacial score (nSPS) is 15.1. The number of imidazole rings is 1. The maximum absolute atomic E-state index is 14.9. The third-order valence-corrected chi connectivity index (χ3v) is 5.35. The number of methoxy groups -OCH3 is 1. The number of hydrogen-bond donors (Lipinski definition) is 0. The SMILES string of the molecule is COCc1cn2cc(C3=C(C)[N+](c4cccnc4F)(c4cccnc4F)N=N3)ccc2n1. The zero-order chi connectivity index (χ0) is 22.3. The topological polar surface area (TPSA) is 77.0 Å². The van der Waals surface area contributed by atoms with Gasteiger partial charge in [0.15, 0.2) is 11.4 Å². The summed E-state index contributed by atoms with van der Waals surface area (Å²) in [6.45, 7) is 2.13. The van der Waals surface area contributed by atoms with Crippen LogP contribution in [0, 0.1) is 11.9 Å². The van der Waals surface area contributed by atoms with Crippen molar-refractivity contribution in [2.45, 2.75) is 13.5 Å². The molecule has 1 aliphatic heterocycles. The Morgan fingerprint density at radius 1 is 0.969 bits per heavy atom. The zero-order valence-corrected chi connectivity index (χ0v) is 17.3. The van der Waals surface area contributed by atoms with E-state index in [9.17, 15) is 8.78 Å². The number of fused-ring (bicyclic) bond motifs is 1. The second kappa shape index (κ2) is 7.66. The molecule has 0 spiro atoms. The fraction of sp³-hybridized carbons (Fsp3) is 0.136. The molecule has 0 unspecified atom stereocenters. The summed E-state index contributed by atoms with van der Waals surface area (Å²) in [5, 5.41) is 8.72. The minimum Gasteiger partial charge on any atom is -0.378 e. The number of quaternary nitrogens is 1. The number of rotatable bonds is 5. The molecule has 0 bridgehead atoms. The maximum Gasteiger partial charge on any atom is 0.277 e. The van der Waals surface area contributed by atoms with E-state index >= 15 is 0 Å². The first-order valence-corrected chi connectivity index (χ1v) is 9.77. The molecule has 1 aliphatic rings. The summed E-state index contributed by atoms with van der Waals surface area (Å²) < 4.78 is 36.1. The lowest BCUT2D eigenvalue weighted by Crippen LogP contribution is -2.36. The molecule has 5 heterocycles. The summed E-state index contributed by atoms with van der Waals surface area (Å²) in [5.41, 5.74) is 3.31. The van der Waals surface area contributed by atoms with Gasteiger partial charge in [-0.05, 0) is 24.3 Å². The van der Waals surface area contributed by atoms with Gasteiger partial charge >= 0.3 is 0 Å². The minimum absolute atomic E-state index is 0.0433. The third kappa shape index (κ3) is 3.00. The Kier molecular flexibility index (Phi) is 4.80. The van der Waals surface area contributed by atoms with Crippen LogP contribution in [0.3, 0.4) is 0 Å². The summed E-state index contributed by atoms with van der Waals surface area (Å²) in [6, 6.07) is 9.85. The fourth-order valence-electron chi connectivity index (χ4n) is 3.90. The van der Waals surface area contributed by atoms with Crippen LogP contribution in [0.2, 0.25) is 0 Å². The quantitative estimate of drug-likeness (QED) is 0.329. The van der Waals surface area contributed by atoms with Crippen LogP contribution in [0.25, 0.3) is 11.3 Å². The highest BCUT2D eigenvalue weighted by molar-refractivity contribution is 5.76. The van der Waals surface area contributed by atoms with Gasteiger partial charge in [0.2, 0.25) is 11.4 Å². The van der Waals surface area contributed by atoms with Crippen LogP contribution in [0.15, 0.2) is 77.2 Å². The number of ether oxygens (including phenoxy) is 1. The van der Waals surface area contributed by atoms with E-state index in [0.717, 1.165) is 11.3 Å². The van der Waals surface area contributed by atoms with Gasteiger partial charge in [-0.3, -0.25) is 0 Å². The summed E-state index contributed by atoms with van der Waals surface area (Å²) in [6.07, 6.45) is 6.35. The van der Waals surface area contributed by atoms with Crippen molar-refractivity contribution < 1.29 is 13.5 Å². The molecular formula is C22H18F2N7O+. The van der Waals surface area contributed by atoms with Crippen LogP contribution in [-0.2, 0) is 11.3 Å². The number of pyridine rings is 3. The van der Waals surface area contributed by atoms with Crippen molar-refractivity contribution in [2.75, 3.05) is 7.11 Å². The Labute approximate surface area is 181 Å². The van der Waals surface area contributed by atoms with Crippen LogP contribution in [0.1, 0.15) is 18.2 Å². The molecule has 0 N–H and O–H groups in total. The number of nitrogens with zero attached hydrogens (tertiary/aromatic N) is 7. The van der Waals surface area contributed by atoms with Crippen LogP contribution in [0.5, 0.6) is 0 Å². The molecule has 32 heavy (non-hydrogen) atoms. The molecule has 0 amide bonds. The van der Waals surface area contributed by atoms with Crippen LogP contribution in [-0.4, -0.2) is 26.5 Å². The molecule has 0 saturated carbocycles. The standard InChI is InChI=1S/C22H18F2N7O/c1-14-20(15-7-8-19-27-16(13-32-2)12-30(19)11-15)28-29-31(14,17-5-3-9-25-21(17)23)18-6-4-10-26-22(18)24/h3-12H,13H2,1-2H3/q+1. The molecule has 160 valence electrons. The molecule has 0 radical (unpaired) electrons. The van der Waals surface area contributed by atoms with Crippen molar-refractivity contribution in [1.29, 1.82) is 0 Å². The average Bonchev–Trinajstić information content (AvgIpc) is 3.35. The first-order valence-electron chi connectivity index (χ1n) is 9.77. The molecule has 0 fully saturated rings. The van der Waals surface area contributed by atoms with Gasteiger partial charge in [-0.1, -0.05) is 9.71 Å². The number of hydrogen-bond acceptors (Lipinski definition) is 6. The van der Waals surface area contributed by atoms with Crippen molar-refractivity contribution in [1.82, 2.24) is 23.9 Å². The molecular weight excluding hydrogens is 416 g/mol. The predicted octanol–water partition coefficient (Wildman–Crippen LogP) is 4.96. The van der Waals surface area contributed by atoms with Gasteiger partial charge in [-0.15, -0.1) is 0 Å². The maximum atomic E-state index is 14.9. The van der Waals surface area contributed by atoms with Gasteiger partial charge in [0, 0.05) is 61.7 Å². The summed E-state index contributed by atoms with van der Waals surface area (Å²) in [4.78, 5) is 12.0. The summed E-state index contributed by atoms with van der Waals surface area (Å²) in [5.74, 6) is -1.55. The van der Waals surface area contributed by atoms with Crippen molar-refractivity contribution in [2.24, 2.45) is 10.3 Å². The lowest BCUT2D eigenvalue weighted by Gasteiger charge is -2.26. The van der Waals surface area contributed by atoms with Gasteiger partial charge in [-0.2, -0.15) is 8.78 Å². The summed E-state index contributed by atoms with van der Waals surface area (Å²) >= 11 is 0. The Morgan fingerprint density at radius 2 is 1.66 bits per heavy atom. The highest BCUT2D eigenvalue weighted by Crippen LogP contribution is 2.48. The number of allylic oxidation sites excluding steroid dienone is 1. The molecule has 0 aliphatic carbocycles. The van der Waals surface area contributed by atoms with Gasteiger partial charge in [0.1, 0.15) is 5.65 Å². The van der Waals surface area contributed by atoms with E-state index in [4.69, 9.17) is 4.74 Å². The predicted molar refractivity (Wildman–Crippen MR) is 113 cm³/mol. The Bertz CT molecular complexity index is 1350. The van der Waals surface area contributed by atoms with Crippen LogP contribution in [0.4, 0.5) is 20.2 Å². The first-order chi connectivity index (χ1) is 15.5. The van der Waals surface area contributed by atoms with E-state index in [2.05, 4.69) is 25.3 Å². The van der Waals surface area contributed by atoms with E-state index in [1.165, 1.54) is 24.5 Å². The molecule has 10 heteroatoms. The highest BCUT2D eigenvalue weighted by Gasteiger charge is 2.48. The molecule has 0 atom stereocenters. The first kappa shape index (κ1) is 20.0. The van der Waals surface area contributed by atoms with Gasteiger partial charge in [-0.25, -0.2) is 15.0 Å². The largest absolute Gasteiger partial charge is 0.378 e. The van der Waals surface area contributed by atoms with Crippen LogP contribution >= 0.6 is 0 Å². The van der Waals surface area contributed by atoms with Crippen LogP contribution < -0.4 is 4.59 Å². The van der Waals surface area contributed by atoms with E-state index in [1.807, 2.05) is 28.9 Å². The smallest absolute Gasteiger partial charge is 0.277 e. The fourth-order valence-corrected chi connectivity index (χ4v) is 3.90. The van der Waals surface area contributed by atoms with Crippen molar-refractivity contribution >= 4 is 22.7 Å². The van der Waals surface area contributed by atoms with E-state index in [-0.39, 0.29) is 11.4 Å². The molecule has 4 aromatic rings. The monoisotopic (exact) mass is 434 g/mol. The Morgan fingerprint density at radius 3 is 2.28 bits per heavy atom. The van der Waals surface area contributed by atoms with Gasteiger partial charge in [0.25, 0.3) is 11.9 Å². The molecule has 8 nitrogen and oxygen atoms in total. The lowest BCUT2D eigenvalue weighted by atomic mass is 10.1. The van der Waals surface area contributed by atoms with Gasteiger partial charge in [0.05, 0.1) is 12.3 Å². The minimum atomic E-state index is -0.774. The third-order valence-electron chi connectivity index (χ3n) is 5.35. The molecule has 4 aromatic heterocycles. The number of halogens is 2. The Balaban J connectivity index is 1.72. The second-order valence-corrected chi connectivity index (χ2v) is 7.23. The summed E-state index contributed by atoms with van der Waals surface area (Å²) in [7, 11) is 1.61. The van der Waals surface area contributed by atoms with Crippen molar-refractivity contribution in [3.63, 3.8) is 0 Å². The van der Waals surface area contributed by atoms with Gasteiger partial charge < -0.3 is 9.14 Å².